The van der Waals surface area contributed by atoms with Crippen molar-refractivity contribution >= 4 is 23.9 Å². The molecule has 3 aliphatic heterocycles. The summed E-state index contributed by atoms with van der Waals surface area (Å²) in [4.78, 5) is 25.5. The van der Waals surface area contributed by atoms with Gasteiger partial charge in [0.05, 0.1) is 5.60 Å². The summed E-state index contributed by atoms with van der Waals surface area (Å²) in [6.45, 7) is 8.29. The minimum atomic E-state index is -3.67. The SMILES string of the molecule is C=CC(=O)N1CC2(CCN(C=O)CC2)C1.CC1(C)CC(c2ccccc2Cl)CCO1.FC(F)F. The molecule has 1 atom stereocenters. The molecule has 1 unspecified atom stereocenters. The quantitative estimate of drug-likeness (QED) is 0.408. The fraction of sp³-hybridized carbons (Fsp3) is 0.600. The van der Waals surface area contributed by atoms with Gasteiger partial charge in [-0.25, -0.2) is 0 Å². The Labute approximate surface area is 204 Å². The first-order valence-electron chi connectivity index (χ1n) is 11.4. The van der Waals surface area contributed by atoms with Crippen LogP contribution in [0.3, 0.4) is 0 Å². The molecule has 0 aliphatic carbocycles. The van der Waals surface area contributed by atoms with Crippen LogP contribution in [0.1, 0.15) is 51.0 Å². The number of piperidine rings is 1. The molecular formula is C25H34ClF3N2O3. The van der Waals surface area contributed by atoms with E-state index in [1.54, 1.807) is 0 Å². The second kappa shape index (κ2) is 12.6. The molecule has 34 heavy (non-hydrogen) atoms. The van der Waals surface area contributed by atoms with Crippen LogP contribution in [0.4, 0.5) is 13.2 Å². The molecule has 3 fully saturated rings. The molecule has 190 valence electrons. The number of amides is 2. The van der Waals surface area contributed by atoms with Gasteiger partial charge in [-0.15, -0.1) is 0 Å². The minimum Gasteiger partial charge on any atom is -0.376 e. The van der Waals surface area contributed by atoms with Crippen molar-refractivity contribution in [3.8, 4) is 0 Å². The van der Waals surface area contributed by atoms with E-state index in [-0.39, 0.29) is 16.9 Å². The average molecular weight is 503 g/mol. The summed E-state index contributed by atoms with van der Waals surface area (Å²) in [5, 5.41) is 0.889. The normalized spacial score (nSPS) is 22.5. The number of ether oxygens (including phenoxy) is 1. The number of benzene rings is 1. The summed E-state index contributed by atoms with van der Waals surface area (Å²) >= 11 is 6.21. The predicted molar refractivity (Wildman–Crippen MR) is 127 cm³/mol. The average Bonchev–Trinajstić information content (AvgIpc) is 2.77. The van der Waals surface area contributed by atoms with E-state index in [1.807, 2.05) is 21.9 Å². The lowest BCUT2D eigenvalue weighted by atomic mass is 9.72. The lowest BCUT2D eigenvalue weighted by Crippen LogP contribution is -2.61. The van der Waals surface area contributed by atoms with E-state index in [0.29, 0.717) is 5.92 Å². The van der Waals surface area contributed by atoms with Gasteiger partial charge in [-0.2, -0.15) is 13.2 Å². The number of alkyl halides is 3. The van der Waals surface area contributed by atoms with Gasteiger partial charge in [0.2, 0.25) is 12.3 Å². The van der Waals surface area contributed by atoms with Gasteiger partial charge in [0.1, 0.15) is 0 Å². The maximum Gasteiger partial charge on any atom is 0.379 e. The van der Waals surface area contributed by atoms with Gasteiger partial charge in [-0.1, -0.05) is 36.4 Å². The van der Waals surface area contributed by atoms with Gasteiger partial charge >= 0.3 is 6.68 Å². The standard InChI is InChI=1S/C13H17ClO.C11H16N2O2.CHF3/c1-13(2)9-10(7-8-15-13)11-5-3-4-6-12(11)14;1-2-10(15)13-7-11(8-13)3-5-12(9-14)6-4-11;2-1(3)4/h3-6,10H,7-9H2,1-2H3;2,9H,1,3-8H2;1H. The van der Waals surface area contributed by atoms with E-state index in [2.05, 4.69) is 32.6 Å². The second-order valence-corrected chi connectivity index (χ2v) is 10.0. The first-order valence-corrected chi connectivity index (χ1v) is 11.8. The minimum absolute atomic E-state index is 0.0118. The van der Waals surface area contributed by atoms with Crippen LogP contribution < -0.4 is 0 Å². The monoisotopic (exact) mass is 502 g/mol. The van der Waals surface area contributed by atoms with Crippen LogP contribution in [0, 0.1) is 5.41 Å². The summed E-state index contributed by atoms with van der Waals surface area (Å²) in [6, 6.07) is 8.15. The lowest BCUT2D eigenvalue weighted by molar-refractivity contribution is -0.143. The van der Waals surface area contributed by atoms with Gasteiger partial charge in [0.15, 0.2) is 0 Å². The highest BCUT2D eigenvalue weighted by Crippen LogP contribution is 2.40. The van der Waals surface area contributed by atoms with Crippen LogP contribution in [0.15, 0.2) is 36.9 Å². The fourth-order valence-corrected chi connectivity index (χ4v) is 5.06. The van der Waals surface area contributed by atoms with Crippen molar-refractivity contribution in [3.05, 3.63) is 47.5 Å². The molecule has 5 nitrogen and oxygen atoms in total. The van der Waals surface area contributed by atoms with E-state index >= 15 is 0 Å². The zero-order chi connectivity index (χ0) is 25.4. The Morgan fingerprint density at radius 1 is 1.21 bits per heavy atom. The lowest BCUT2D eigenvalue weighted by Gasteiger charge is -2.53. The molecule has 2 amide bonds. The number of hydrogen-bond acceptors (Lipinski definition) is 3. The molecule has 9 heteroatoms. The Hall–Kier alpha value is -2.06. The number of hydrogen-bond donors (Lipinski definition) is 0. The molecule has 3 aliphatic rings. The van der Waals surface area contributed by atoms with Crippen LogP contribution in [-0.4, -0.2) is 67.2 Å². The molecule has 1 aromatic rings. The molecule has 0 aromatic heterocycles. The Morgan fingerprint density at radius 2 is 1.79 bits per heavy atom. The Balaban J connectivity index is 0.000000208. The van der Waals surface area contributed by atoms with Gasteiger partial charge in [0, 0.05) is 43.2 Å². The van der Waals surface area contributed by atoms with Crippen molar-refractivity contribution in [2.24, 2.45) is 5.41 Å². The van der Waals surface area contributed by atoms with E-state index in [0.717, 1.165) is 69.9 Å². The molecule has 3 heterocycles. The van der Waals surface area contributed by atoms with Gasteiger partial charge in [-0.3, -0.25) is 9.59 Å². The van der Waals surface area contributed by atoms with Crippen LogP contribution in [0.25, 0.3) is 0 Å². The molecule has 1 aromatic carbocycles. The molecule has 4 rings (SSSR count). The summed E-state index contributed by atoms with van der Waals surface area (Å²) < 4.78 is 34.7. The zero-order valence-corrected chi connectivity index (χ0v) is 20.6. The molecular weight excluding hydrogens is 469 g/mol. The maximum absolute atomic E-state index is 11.3. The Bertz CT molecular complexity index is 819. The van der Waals surface area contributed by atoms with Crippen molar-refractivity contribution in [2.45, 2.75) is 57.7 Å². The molecule has 0 saturated carbocycles. The third-order valence-electron chi connectivity index (χ3n) is 6.59. The van der Waals surface area contributed by atoms with E-state index in [9.17, 15) is 22.8 Å². The third kappa shape index (κ3) is 8.31. The molecule has 0 bridgehead atoms. The molecule has 1 spiro atoms. The van der Waals surface area contributed by atoms with Crippen LogP contribution >= 0.6 is 11.6 Å². The number of likely N-dealkylation sites (tertiary alicyclic amines) is 2. The third-order valence-corrected chi connectivity index (χ3v) is 6.93. The van der Waals surface area contributed by atoms with Crippen LogP contribution in [0.2, 0.25) is 5.02 Å². The van der Waals surface area contributed by atoms with E-state index < -0.39 is 6.68 Å². The molecule has 0 radical (unpaired) electrons. The molecule has 3 saturated heterocycles. The first kappa shape index (κ1) is 28.2. The highest BCUT2D eigenvalue weighted by molar-refractivity contribution is 6.31. The van der Waals surface area contributed by atoms with Crippen LogP contribution in [-0.2, 0) is 14.3 Å². The highest BCUT2D eigenvalue weighted by atomic mass is 35.5. The summed E-state index contributed by atoms with van der Waals surface area (Å²) in [7, 11) is 0. The predicted octanol–water partition coefficient (Wildman–Crippen LogP) is 5.44. The zero-order valence-electron chi connectivity index (χ0n) is 19.8. The maximum atomic E-state index is 11.3. The highest BCUT2D eigenvalue weighted by Gasteiger charge is 2.45. The summed E-state index contributed by atoms with van der Waals surface area (Å²) in [5.41, 5.74) is 1.55. The van der Waals surface area contributed by atoms with Crippen LogP contribution in [0.5, 0.6) is 0 Å². The second-order valence-electron chi connectivity index (χ2n) is 9.61. The van der Waals surface area contributed by atoms with E-state index in [1.165, 1.54) is 11.6 Å². The fourth-order valence-electron chi connectivity index (χ4n) is 4.77. The summed E-state index contributed by atoms with van der Waals surface area (Å²) in [6.07, 6.45) is 6.45. The van der Waals surface area contributed by atoms with Crippen molar-refractivity contribution < 1.29 is 27.5 Å². The van der Waals surface area contributed by atoms with Gasteiger partial charge in [-0.05, 0) is 63.2 Å². The number of halogens is 4. The largest absolute Gasteiger partial charge is 0.379 e. The summed E-state index contributed by atoms with van der Waals surface area (Å²) in [5.74, 6) is 0.570. The Kier molecular flexibility index (Phi) is 10.4. The molecule has 0 N–H and O–H groups in total. The first-order chi connectivity index (χ1) is 16.0. The van der Waals surface area contributed by atoms with Gasteiger partial charge < -0.3 is 14.5 Å². The number of rotatable bonds is 3. The smallest absolute Gasteiger partial charge is 0.376 e. The Morgan fingerprint density at radius 3 is 2.29 bits per heavy atom. The van der Waals surface area contributed by atoms with Crippen molar-refractivity contribution in [2.75, 3.05) is 32.8 Å². The van der Waals surface area contributed by atoms with Crippen molar-refractivity contribution in [1.82, 2.24) is 9.80 Å². The van der Waals surface area contributed by atoms with Crippen molar-refractivity contribution in [3.63, 3.8) is 0 Å². The topological polar surface area (TPSA) is 49.9 Å². The van der Waals surface area contributed by atoms with Crippen molar-refractivity contribution in [1.29, 1.82) is 0 Å². The number of carbonyl (C=O) groups is 2. The number of carbonyl (C=O) groups excluding carboxylic acids is 2. The van der Waals surface area contributed by atoms with Gasteiger partial charge in [0.25, 0.3) is 0 Å². The number of nitrogens with zero attached hydrogens (tertiary/aromatic N) is 2. The van der Waals surface area contributed by atoms with E-state index in [4.69, 9.17) is 16.3 Å².